The summed E-state index contributed by atoms with van der Waals surface area (Å²) >= 11 is 0. The Morgan fingerprint density at radius 2 is 1.33 bits per heavy atom. The van der Waals surface area contributed by atoms with Crippen molar-refractivity contribution in [3.63, 3.8) is 0 Å². The van der Waals surface area contributed by atoms with Gasteiger partial charge in [0.2, 0.25) is 0 Å². The molecule has 0 aliphatic rings. The van der Waals surface area contributed by atoms with E-state index in [1.165, 1.54) is 0 Å². The van der Waals surface area contributed by atoms with Crippen molar-refractivity contribution in [1.82, 2.24) is 0 Å². The number of rotatable bonds is 2. The third kappa shape index (κ3) is 1.31. The van der Waals surface area contributed by atoms with E-state index in [4.69, 9.17) is 20.2 Å². The molecule has 0 spiro atoms. The molecule has 0 bridgehead atoms. The van der Waals surface area contributed by atoms with Crippen molar-refractivity contribution in [3.05, 3.63) is 20.2 Å². The van der Waals surface area contributed by atoms with Crippen molar-refractivity contribution < 1.29 is 18.3 Å². The minimum atomic E-state index is -5.67. The predicted octanol–water partition coefficient (Wildman–Crippen LogP) is -0.0856. The molecule has 0 aliphatic heterocycles. The maximum absolute atomic E-state index is 11.3. The topological polar surface area (TPSA) is 86.3 Å². The minimum absolute atomic E-state index is 2.21. The molecule has 0 radical (unpaired) electrons. The molecule has 6 nitrogen and oxygen atoms in total. The molecule has 9 heteroatoms. The second kappa shape index (κ2) is 1.92. The van der Waals surface area contributed by atoms with Gasteiger partial charge in [-0.1, -0.05) is 0 Å². The Balaban J connectivity index is 4.38. The van der Waals surface area contributed by atoms with Gasteiger partial charge in [-0.3, -0.25) is 0 Å². The van der Waals surface area contributed by atoms with Gasteiger partial charge in [0.25, 0.3) is 0 Å². The molecule has 0 fully saturated rings. The molecule has 0 rings (SSSR count). The van der Waals surface area contributed by atoms with Gasteiger partial charge in [0.15, 0.2) is 0 Å². The van der Waals surface area contributed by atoms with Crippen molar-refractivity contribution in [3.8, 4) is 0 Å². The van der Waals surface area contributed by atoms with Crippen LogP contribution in [0.25, 0.3) is 0 Å². The van der Waals surface area contributed by atoms with Crippen LogP contribution in [-0.2, 0) is 0 Å². The van der Waals surface area contributed by atoms with Gasteiger partial charge in [0.1, 0.15) is 0 Å². The molecule has 0 atom stereocenters. The fraction of sp³-hybridized carbons (Fsp3) is 0. The lowest BCUT2D eigenvalue weighted by atomic mass is 10.0. The molecule has 0 saturated heterocycles. The summed E-state index contributed by atoms with van der Waals surface area (Å²) in [7, 11) is 0. The van der Waals surface area contributed by atoms with Crippen LogP contribution in [0.15, 0.2) is 0 Å². The molecule has 0 amide bonds. The third-order valence-electron chi connectivity index (χ3n) is 0.507. The predicted molar refractivity (Wildman–Crippen MR) is 22.0 cm³/mol. The van der Waals surface area contributed by atoms with Crippen LogP contribution in [0.2, 0.25) is 0 Å². The molecule has 0 unspecified atom stereocenters. The Bertz CT molecular complexity index is 139. The normalized spacial score (nSPS) is 10.9. The molecule has 9 heavy (non-hydrogen) atoms. The summed E-state index contributed by atoms with van der Waals surface area (Å²) in [4.78, 5) is 13.8. The Morgan fingerprint density at radius 1 is 1.11 bits per heavy atom. The molecule has 0 heterocycles. The van der Waals surface area contributed by atoms with Crippen molar-refractivity contribution in [2.75, 3.05) is 0 Å². The Kier molecular flexibility index (Phi) is 1.64. The monoisotopic (exact) mass is 141 g/mol. The van der Waals surface area contributed by atoms with Crippen LogP contribution in [0, 0.1) is 20.2 Å². The van der Waals surface area contributed by atoms with E-state index >= 15 is 0 Å². The first kappa shape index (κ1) is 7.72. The summed E-state index contributed by atoms with van der Waals surface area (Å²) in [6.07, 6.45) is 0. The molecule has 0 aromatic heterocycles. The Labute approximate surface area is 46.8 Å². The van der Waals surface area contributed by atoms with E-state index < -0.39 is 16.6 Å². The largest absolute Gasteiger partial charge is 1.02 e. The SMILES string of the molecule is O=[N+]([O-])[B-](F)(F)[N+](=O)[O-]. The average Bonchev–Trinajstić information content (AvgIpc) is 1.65. The number of hydrogen-bond acceptors (Lipinski definition) is 4. The van der Waals surface area contributed by atoms with Crippen LogP contribution in [-0.4, -0.2) is 16.6 Å². The van der Waals surface area contributed by atoms with E-state index in [-0.39, 0.29) is 0 Å². The number of hydrogen-bond donors (Lipinski definition) is 0. The summed E-state index contributed by atoms with van der Waals surface area (Å²) in [5, 5.41) is 18.2. The maximum Gasteiger partial charge on any atom is 1.02 e. The zero-order valence-corrected chi connectivity index (χ0v) is 3.86. The van der Waals surface area contributed by atoms with Crippen LogP contribution >= 0.6 is 0 Å². The summed E-state index contributed by atoms with van der Waals surface area (Å²) in [5.41, 5.74) is 0. The lowest BCUT2D eigenvalue weighted by Gasteiger charge is -2.01. The van der Waals surface area contributed by atoms with Gasteiger partial charge in [-0.2, -0.15) is 0 Å². The maximum atomic E-state index is 11.3. The van der Waals surface area contributed by atoms with E-state index in [1.54, 1.807) is 0 Å². The molecule has 0 aromatic carbocycles. The van der Waals surface area contributed by atoms with E-state index in [0.29, 0.717) is 0 Å². The second-order valence-corrected chi connectivity index (χ2v) is 1.16. The summed E-state index contributed by atoms with van der Waals surface area (Å²) in [5.74, 6) is 0. The van der Waals surface area contributed by atoms with E-state index in [2.05, 4.69) is 0 Å². The zero-order chi connectivity index (χ0) is 7.65. The van der Waals surface area contributed by atoms with Crippen LogP contribution in [0.4, 0.5) is 8.63 Å². The molecular weight excluding hydrogens is 141 g/mol. The van der Waals surface area contributed by atoms with Crippen LogP contribution < -0.4 is 0 Å². The average molecular weight is 141 g/mol. The smallest absolute Gasteiger partial charge is 0.331 e. The Hall–Kier alpha value is -1.28. The quantitative estimate of drug-likeness (QED) is 0.305. The van der Waals surface area contributed by atoms with Crippen LogP contribution in [0.5, 0.6) is 0 Å². The first-order chi connectivity index (χ1) is 3.89. The second-order valence-electron chi connectivity index (χ2n) is 1.16. The number of nitrogens with zero attached hydrogens (tertiary/aromatic N) is 2. The van der Waals surface area contributed by atoms with E-state index in [1.807, 2.05) is 0 Å². The van der Waals surface area contributed by atoms with Gasteiger partial charge >= 0.3 is 6.97 Å². The summed E-state index contributed by atoms with van der Waals surface area (Å²) in [6, 6.07) is 0. The fourth-order valence-corrected chi connectivity index (χ4v) is 0.0770. The number of nitro groups is 2. The van der Waals surface area contributed by atoms with Crippen molar-refractivity contribution in [1.29, 1.82) is 0 Å². The van der Waals surface area contributed by atoms with E-state index in [9.17, 15) is 8.63 Å². The van der Waals surface area contributed by atoms with Gasteiger partial charge in [-0.25, -0.2) is 0 Å². The molecule has 0 aliphatic carbocycles. The summed E-state index contributed by atoms with van der Waals surface area (Å²) in [6.45, 7) is -5.67. The van der Waals surface area contributed by atoms with Gasteiger partial charge in [-0.15, -0.1) is 0 Å². The van der Waals surface area contributed by atoms with Crippen LogP contribution in [0.3, 0.4) is 0 Å². The van der Waals surface area contributed by atoms with Crippen molar-refractivity contribution in [2.24, 2.45) is 0 Å². The molecule has 0 aromatic rings. The highest BCUT2D eigenvalue weighted by Crippen LogP contribution is 2.06. The lowest BCUT2D eigenvalue weighted by molar-refractivity contribution is -0.520. The fourth-order valence-electron chi connectivity index (χ4n) is 0.0770. The number of halogens is 2. The van der Waals surface area contributed by atoms with Gasteiger partial charge in [-0.05, 0) is 9.67 Å². The van der Waals surface area contributed by atoms with Gasteiger partial charge in [0, 0.05) is 0 Å². The lowest BCUT2D eigenvalue weighted by Crippen LogP contribution is -2.43. The minimum Gasteiger partial charge on any atom is -0.331 e. The molecular formula is BF2N2O4-. The highest BCUT2D eigenvalue weighted by molar-refractivity contribution is 6.48. The van der Waals surface area contributed by atoms with Crippen LogP contribution in [0.1, 0.15) is 0 Å². The highest BCUT2D eigenvalue weighted by atomic mass is 19.2. The zero-order valence-electron chi connectivity index (χ0n) is 3.86. The van der Waals surface area contributed by atoms with E-state index in [0.717, 1.165) is 0 Å². The standard InChI is InChI=1S/BF2N2O4/c2-1(3,4(6)7)5(8)9/q-1. The van der Waals surface area contributed by atoms with Crippen molar-refractivity contribution >= 4 is 6.97 Å². The molecule has 0 N–H and O–H groups in total. The first-order valence-electron chi connectivity index (χ1n) is 1.68. The van der Waals surface area contributed by atoms with Crippen molar-refractivity contribution in [2.45, 2.75) is 0 Å². The summed E-state index contributed by atoms with van der Waals surface area (Å²) < 4.78 is 22.7. The van der Waals surface area contributed by atoms with Gasteiger partial charge < -0.3 is 28.9 Å². The molecule has 52 valence electrons. The van der Waals surface area contributed by atoms with Gasteiger partial charge in [0.05, 0.1) is 0 Å². The highest BCUT2D eigenvalue weighted by Gasteiger charge is 2.63. The third-order valence-corrected chi connectivity index (χ3v) is 0.507. The molecule has 0 saturated carbocycles. The Morgan fingerprint density at radius 3 is 1.33 bits per heavy atom. The first-order valence-corrected chi connectivity index (χ1v) is 1.68.